The zero-order valence-corrected chi connectivity index (χ0v) is 14.8. The quantitative estimate of drug-likeness (QED) is 0.358. The van der Waals surface area contributed by atoms with Crippen LogP contribution in [0.1, 0.15) is 0 Å². The highest BCUT2D eigenvalue weighted by Gasteiger charge is 2.22. The first-order valence-electron chi connectivity index (χ1n) is 5.50. The SMILES string of the molecule is FC(F)Oc1ccc(Cl)c(-c2c(Cl)c(Cl)c(Cl)c(Cl)c2Cl)c1. The van der Waals surface area contributed by atoms with E-state index in [-0.39, 0.29) is 47.0 Å². The Morgan fingerprint density at radius 1 is 0.773 bits per heavy atom. The van der Waals surface area contributed by atoms with Crippen molar-refractivity contribution in [2.24, 2.45) is 0 Å². The van der Waals surface area contributed by atoms with Crippen LogP contribution < -0.4 is 4.74 Å². The molecule has 0 saturated heterocycles. The molecule has 118 valence electrons. The van der Waals surface area contributed by atoms with Gasteiger partial charge in [0.15, 0.2) is 0 Å². The summed E-state index contributed by atoms with van der Waals surface area (Å²) in [5.74, 6) is -0.122. The lowest BCUT2D eigenvalue weighted by molar-refractivity contribution is -0.0498. The van der Waals surface area contributed by atoms with E-state index in [1.54, 1.807) is 0 Å². The van der Waals surface area contributed by atoms with Gasteiger partial charge in [-0.3, -0.25) is 0 Å². The lowest BCUT2D eigenvalue weighted by Crippen LogP contribution is -2.02. The first-order chi connectivity index (χ1) is 10.2. The van der Waals surface area contributed by atoms with Gasteiger partial charge in [-0.2, -0.15) is 8.78 Å². The first-order valence-corrected chi connectivity index (χ1v) is 7.77. The number of alkyl halides is 2. The van der Waals surface area contributed by atoms with Crippen molar-refractivity contribution in [3.05, 3.63) is 48.3 Å². The highest BCUT2D eigenvalue weighted by atomic mass is 35.5. The molecule has 0 aliphatic carbocycles. The molecule has 1 nitrogen and oxygen atoms in total. The van der Waals surface area contributed by atoms with Gasteiger partial charge in [0.05, 0.1) is 25.1 Å². The van der Waals surface area contributed by atoms with Crippen molar-refractivity contribution in [1.29, 1.82) is 0 Å². The van der Waals surface area contributed by atoms with Crippen LogP contribution in [0.2, 0.25) is 30.1 Å². The molecule has 2 aromatic carbocycles. The Hall–Kier alpha value is -0.160. The van der Waals surface area contributed by atoms with E-state index in [9.17, 15) is 8.78 Å². The molecule has 2 rings (SSSR count). The van der Waals surface area contributed by atoms with Crippen molar-refractivity contribution in [3.8, 4) is 16.9 Å². The van der Waals surface area contributed by atoms with Crippen LogP contribution in [0.15, 0.2) is 18.2 Å². The number of halogens is 8. The lowest BCUT2D eigenvalue weighted by Gasteiger charge is -2.15. The van der Waals surface area contributed by atoms with Gasteiger partial charge in [0.1, 0.15) is 5.75 Å². The number of ether oxygens (including phenoxy) is 1. The summed E-state index contributed by atoms with van der Waals surface area (Å²) < 4.78 is 29.0. The summed E-state index contributed by atoms with van der Waals surface area (Å²) >= 11 is 36.2. The predicted octanol–water partition coefficient (Wildman–Crippen LogP) is 7.88. The fourth-order valence-electron chi connectivity index (χ4n) is 1.71. The average Bonchev–Trinajstić information content (AvgIpc) is 2.46. The largest absolute Gasteiger partial charge is 0.435 e. The van der Waals surface area contributed by atoms with Crippen LogP contribution in [0.3, 0.4) is 0 Å². The molecule has 0 N–H and O–H groups in total. The molecule has 0 heterocycles. The Morgan fingerprint density at radius 3 is 1.77 bits per heavy atom. The molecule has 2 aromatic rings. The second kappa shape index (κ2) is 7.16. The van der Waals surface area contributed by atoms with Crippen molar-refractivity contribution in [3.63, 3.8) is 0 Å². The third-order valence-corrected chi connectivity index (χ3v) is 5.25. The highest BCUT2D eigenvalue weighted by Crippen LogP contribution is 2.50. The molecule has 0 fully saturated rings. The summed E-state index contributed by atoms with van der Waals surface area (Å²) in [5.41, 5.74) is 0.405. The van der Waals surface area contributed by atoms with Gasteiger partial charge >= 0.3 is 6.61 Å². The van der Waals surface area contributed by atoms with E-state index in [1.165, 1.54) is 18.2 Å². The molecule has 0 aromatic heterocycles. The molecule has 9 heteroatoms. The van der Waals surface area contributed by atoms with Gasteiger partial charge in [0.25, 0.3) is 0 Å². The monoisotopic (exact) mass is 424 g/mol. The molecule has 22 heavy (non-hydrogen) atoms. The maximum atomic E-state index is 12.3. The van der Waals surface area contributed by atoms with Crippen LogP contribution in [0.25, 0.3) is 11.1 Å². The smallest absolute Gasteiger partial charge is 0.387 e. The molecule has 0 radical (unpaired) electrons. The van der Waals surface area contributed by atoms with Gasteiger partial charge in [0.2, 0.25) is 0 Å². The standard InChI is InChI=1S/C13H4Cl6F2O/c14-6-2-1-4(22-13(20)21)3-5(6)7-8(15)10(17)12(19)11(18)9(7)16/h1-3,13H. The molecular weight excluding hydrogens is 423 g/mol. The summed E-state index contributed by atoms with van der Waals surface area (Å²) in [7, 11) is 0. The Balaban J connectivity index is 2.71. The number of hydrogen-bond acceptors (Lipinski definition) is 1. The first kappa shape index (κ1) is 18.2. The van der Waals surface area contributed by atoms with E-state index in [2.05, 4.69) is 4.74 Å². The van der Waals surface area contributed by atoms with Crippen LogP contribution >= 0.6 is 69.6 Å². The fraction of sp³-hybridized carbons (Fsp3) is 0.0769. The van der Waals surface area contributed by atoms with Crippen molar-refractivity contribution in [1.82, 2.24) is 0 Å². The minimum Gasteiger partial charge on any atom is -0.435 e. The highest BCUT2D eigenvalue weighted by molar-refractivity contribution is 6.56. The fourth-order valence-corrected chi connectivity index (χ4v) is 3.27. The topological polar surface area (TPSA) is 9.23 Å². The van der Waals surface area contributed by atoms with E-state index in [0.717, 1.165) is 0 Å². The lowest BCUT2D eigenvalue weighted by atomic mass is 10.0. The summed E-state index contributed by atoms with van der Waals surface area (Å²) in [6.45, 7) is -2.99. The molecular formula is C13H4Cl6F2O. The van der Waals surface area contributed by atoms with Crippen molar-refractivity contribution >= 4 is 69.6 Å². The maximum absolute atomic E-state index is 12.3. The molecule has 0 amide bonds. The molecule has 0 unspecified atom stereocenters. The molecule has 0 atom stereocenters. The average molecular weight is 427 g/mol. The predicted molar refractivity (Wildman–Crippen MR) is 88.6 cm³/mol. The van der Waals surface area contributed by atoms with Crippen LogP contribution in [0.5, 0.6) is 5.75 Å². The third kappa shape index (κ3) is 3.50. The van der Waals surface area contributed by atoms with Gasteiger partial charge in [0, 0.05) is 16.1 Å². The second-order valence-electron chi connectivity index (χ2n) is 3.97. The maximum Gasteiger partial charge on any atom is 0.387 e. The summed E-state index contributed by atoms with van der Waals surface area (Å²) in [6, 6.07) is 3.89. The van der Waals surface area contributed by atoms with Crippen LogP contribution in [-0.4, -0.2) is 6.61 Å². The zero-order valence-electron chi connectivity index (χ0n) is 10.2. The van der Waals surface area contributed by atoms with Gasteiger partial charge in [-0.25, -0.2) is 0 Å². The molecule has 0 saturated carbocycles. The Bertz CT molecular complexity index is 706. The van der Waals surface area contributed by atoms with Crippen molar-refractivity contribution in [2.75, 3.05) is 0 Å². The van der Waals surface area contributed by atoms with Gasteiger partial charge in [-0.05, 0) is 18.2 Å². The minimum absolute atomic E-state index is 0.00263. The van der Waals surface area contributed by atoms with Gasteiger partial charge < -0.3 is 4.74 Å². The van der Waals surface area contributed by atoms with E-state index >= 15 is 0 Å². The molecule has 0 aliphatic heterocycles. The van der Waals surface area contributed by atoms with Gasteiger partial charge in [-0.15, -0.1) is 0 Å². The van der Waals surface area contributed by atoms with Crippen LogP contribution in [0, 0.1) is 0 Å². The van der Waals surface area contributed by atoms with Crippen LogP contribution in [-0.2, 0) is 0 Å². The Labute approximate surface area is 154 Å². The minimum atomic E-state index is -2.99. The van der Waals surface area contributed by atoms with E-state index in [1.807, 2.05) is 0 Å². The Morgan fingerprint density at radius 2 is 1.27 bits per heavy atom. The Kier molecular flexibility index (Phi) is 5.92. The molecule has 0 bridgehead atoms. The van der Waals surface area contributed by atoms with Crippen molar-refractivity contribution in [2.45, 2.75) is 6.61 Å². The number of rotatable bonds is 3. The van der Waals surface area contributed by atoms with Gasteiger partial charge in [-0.1, -0.05) is 69.6 Å². The third-order valence-electron chi connectivity index (χ3n) is 2.64. The molecule has 0 spiro atoms. The summed E-state index contributed by atoms with van der Waals surface area (Å²) in [5, 5.41) is 0.125. The number of benzene rings is 2. The summed E-state index contributed by atoms with van der Waals surface area (Å²) in [6.07, 6.45) is 0. The van der Waals surface area contributed by atoms with E-state index < -0.39 is 6.61 Å². The summed E-state index contributed by atoms with van der Waals surface area (Å²) in [4.78, 5) is 0. The van der Waals surface area contributed by atoms with Crippen LogP contribution in [0.4, 0.5) is 8.78 Å². The van der Waals surface area contributed by atoms with E-state index in [4.69, 9.17) is 69.6 Å². The van der Waals surface area contributed by atoms with E-state index in [0.29, 0.717) is 0 Å². The number of hydrogen-bond donors (Lipinski definition) is 0. The second-order valence-corrected chi connectivity index (χ2v) is 6.26. The normalized spacial score (nSPS) is 11.1. The zero-order chi connectivity index (χ0) is 16.6. The molecule has 0 aliphatic rings. The van der Waals surface area contributed by atoms with Crippen molar-refractivity contribution < 1.29 is 13.5 Å².